The molecule has 4 aromatic carbocycles. The van der Waals surface area contributed by atoms with E-state index in [4.69, 9.17) is 14.2 Å². The number of aromatic nitrogens is 2. The lowest BCUT2D eigenvalue weighted by Crippen LogP contribution is -2.23. The third-order valence-electron chi connectivity index (χ3n) is 8.75. The van der Waals surface area contributed by atoms with E-state index in [2.05, 4.69) is 82.1 Å². The number of ether oxygens (including phenoxy) is 3. The van der Waals surface area contributed by atoms with Crippen LogP contribution < -0.4 is 26.0 Å². The van der Waals surface area contributed by atoms with Crippen LogP contribution in [0.5, 0.6) is 5.75 Å². The molecule has 11 nitrogen and oxygen atoms in total. The van der Waals surface area contributed by atoms with Gasteiger partial charge < -0.3 is 35.5 Å². The highest BCUT2D eigenvalue weighted by atomic mass is 16.5. The predicted octanol–water partition coefficient (Wildman–Crippen LogP) is 8.83. The number of methoxy groups -OCH3 is 1. The number of rotatable bonds is 11. The standard InChI is InChI=1S/C40H45N7O4/c1-25(27-12-8-7-9-13-27)43-37-41-19-18-29(44-37)24-51-35-17-16-32(30-14-10-11-15-31(30)35)45-38(48)46-33-22-28(40(3,4)5)23-34(36(33)26(2)49-6)47-39-42-20-21-50-39/h7-19,22-23,25-26H,20-21,24H2,1-6H3,(H,42,47)(H,41,43,44)(H2,45,46,48)/t25?,26-/m1/s1. The number of anilines is 4. The molecule has 2 atom stereocenters. The summed E-state index contributed by atoms with van der Waals surface area (Å²) in [6.45, 7) is 11.7. The summed E-state index contributed by atoms with van der Waals surface area (Å²) < 4.78 is 17.7. The first-order valence-corrected chi connectivity index (χ1v) is 17.1. The van der Waals surface area contributed by atoms with Crippen molar-refractivity contribution in [3.63, 3.8) is 0 Å². The van der Waals surface area contributed by atoms with Gasteiger partial charge in [0.25, 0.3) is 6.02 Å². The number of amides is 2. The molecule has 0 saturated heterocycles. The quantitative estimate of drug-likeness (QED) is 0.108. The largest absolute Gasteiger partial charge is 0.487 e. The molecule has 2 heterocycles. The topological polar surface area (TPSA) is 131 Å². The molecule has 0 fully saturated rings. The number of carbonyl (C=O) groups excluding carboxylic acids is 1. The maximum absolute atomic E-state index is 13.7. The van der Waals surface area contributed by atoms with Gasteiger partial charge in [-0.25, -0.2) is 19.8 Å². The van der Waals surface area contributed by atoms with Gasteiger partial charge in [-0.15, -0.1) is 0 Å². The van der Waals surface area contributed by atoms with Crippen LogP contribution in [0.4, 0.5) is 27.8 Å². The summed E-state index contributed by atoms with van der Waals surface area (Å²) in [5, 5.41) is 14.5. The molecule has 4 N–H and O–H groups in total. The van der Waals surface area contributed by atoms with Crippen LogP contribution in [-0.2, 0) is 21.5 Å². The molecule has 264 valence electrons. The molecule has 0 saturated carbocycles. The minimum absolute atomic E-state index is 0.0427. The van der Waals surface area contributed by atoms with Crippen molar-refractivity contribution in [2.24, 2.45) is 4.99 Å². The lowest BCUT2D eigenvalue weighted by atomic mass is 9.85. The second-order valence-electron chi connectivity index (χ2n) is 13.4. The van der Waals surface area contributed by atoms with Crippen LogP contribution in [0.25, 0.3) is 10.8 Å². The van der Waals surface area contributed by atoms with E-state index in [9.17, 15) is 4.79 Å². The fourth-order valence-electron chi connectivity index (χ4n) is 5.87. The van der Waals surface area contributed by atoms with Crippen molar-refractivity contribution in [1.82, 2.24) is 9.97 Å². The summed E-state index contributed by atoms with van der Waals surface area (Å²) in [6, 6.07) is 27.7. The van der Waals surface area contributed by atoms with Gasteiger partial charge in [-0.1, -0.05) is 75.4 Å². The number of benzene rings is 4. The third kappa shape index (κ3) is 8.56. The Balaban J connectivity index is 1.20. The van der Waals surface area contributed by atoms with E-state index >= 15 is 0 Å². The van der Waals surface area contributed by atoms with E-state index in [1.165, 1.54) is 0 Å². The number of urea groups is 1. The van der Waals surface area contributed by atoms with Gasteiger partial charge in [-0.2, -0.15) is 0 Å². The van der Waals surface area contributed by atoms with Crippen LogP contribution in [0.1, 0.15) is 69.1 Å². The van der Waals surface area contributed by atoms with Crippen molar-refractivity contribution < 1.29 is 19.0 Å². The number of carbonyl (C=O) groups is 1. The zero-order valence-electron chi connectivity index (χ0n) is 29.9. The Kier molecular flexibility index (Phi) is 10.7. The summed E-state index contributed by atoms with van der Waals surface area (Å²) in [5.41, 5.74) is 5.50. The van der Waals surface area contributed by atoms with Gasteiger partial charge >= 0.3 is 6.03 Å². The van der Waals surface area contributed by atoms with Crippen molar-refractivity contribution in [1.29, 1.82) is 0 Å². The fraction of sp³-hybridized carbons (Fsp3) is 0.300. The Morgan fingerprint density at radius 2 is 1.63 bits per heavy atom. The number of amidine groups is 1. The van der Waals surface area contributed by atoms with Crippen molar-refractivity contribution in [3.8, 4) is 5.75 Å². The average Bonchev–Trinajstić information content (AvgIpc) is 3.64. The number of fused-ring (bicyclic) bond motifs is 1. The van der Waals surface area contributed by atoms with Crippen LogP contribution in [-0.4, -0.2) is 42.3 Å². The molecule has 1 unspecified atom stereocenters. The van der Waals surface area contributed by atoms with E-state index in [-0.39, 0.29) is 24.2 Å². The molecule has 0 spiro atoms. The molecule has 1 aromatic heterocycles. The van der Waals surface area contributed by atoms with Crippen LogP contribution in [0.3, 0.4) is 0 Å². The second kappa shape index (κ2) is 15.5. The minimum Gasteiger partial charge on any atom is -0.487 e. The number of hydrogen-bond acceptors (Lipinski definition) is 9. The zero-order valence-corrected chi connectivity index (χ0v) is 29.9. The van der Waals surface area contributed by atoms with Crippen molar-refractivity contribution in [2.45, 2.75) is 58.8 Å². The number of nitrogens with zero attached hydrogens (tertiary/aromatic N) is 3. The minimum atomic E-state index is -0.393. The van der Waals surface area contributed by atoms with Crippen LogP contribution in [0.2, 0.25) is 0 Å². The highest BCUT2D eigenvalue weighted by molar-refractivity contribution is 6.08. The summed E-state index contributed by atoms with van der Waals surface area (Å²) >= 11 is 0. The molecule has 1 aliphatic heterocycles. The van der Waals surface area contributed by atoms with Crippen LogP contribution in [0.15, 0.2) is 96.1 Å². The molecule has 6 rings (SSSR count). The first kappa shape index (κ1) is 35.2. The lowest BCUT2D eigenvalue weighted by Gasteiger charge is -2.26. The van der Waals surface area contributed by atoms with Gasteiger partial charge in [0.05, 0.1) is 41.4 Å². The smallest absolute Gasteiger partial charge is 0.323 e. The van der Waals surface area contributed by atoms with E-state index < -0.39 is 6.03 Å². The van der Waals surface area contributed by atoms with Crippen LogP contribution >= 0.6 is 0 Å². The second-order valence-corrected chi connectivity index (χ2v) is 13.4. The van der Waals surface area contributed by atoms with Gasteiger partial charge in [0.2, 0.25) is 5.95 Å². The van der Waals surface area contributed by atoms with E-state index in [1.807, 2.05) is 73.7 Å². The summed E-state index contributed by atoms with van der Waals surface area (Å²) in [5.74, 6) is 1.20. The van der Waals surface area contributed by atoms with Crippen molar-refractivity contribution >= 4 is 45.8 Å². The molecule has 1 aliphatic rings. The molecular weight excluding hydrogens is 642 g/mol. The summed E-state index contributed by atoms with van der Waals surface area (Å²) in [6.07, 6.45) is 1.38. The third-order valence-corrected chi connectivity index (χ3v) is 8.75. The monoisotopic (exact) mass is 687 g/mol. The number of hydrogen-bond donors (Lipinski definition) is 4. The van der Waals surface area contributed by atoms with Gasteiger partial charge in [0, 0.05) is 29.6 Å². The van der Waals surface area contributed by atoms with Crippen molar-refractivity contribution in [2.75, 3.05) is 41.5 Å². The van der Waals surface area contributed by atoms with Gasteiger partial charge in [-0.3, -0.25) is 0 Å². The highest BCUT2D eigenvalue weighted by Gasteiger charge is 2.25. The van der Waals surface area contributed by atoms with Gasteiger partial charge in [0.15, 0.2) is 0 Å². The van der Waals surface area contributed by atoms with Gasteiger partial charge in [0.1, 0.15) is 19.0 Å². The maximum Gasteiger partial charge on any atom is 0.323 e. The van der Waals surface area contributed by atoms with Crippen molar-refractivity contribution in [3.05, 3.63) is 114 Å². The fourth-order valence-corrected chi connectivity index (χ4v) is 5.87. The average molecular weight is 688 g/mol. The van der Waals surface area contributed by atoms with E-state index in [0.29, 0.717) is 42.2 Å². The molecule has 5 aromatic rings. The molecule has 51 heavy (non-hydrogen) atoms. The lowest BCUT2D eigenvalue weighted by molar-refractivity contribution is 0.120. The van der Waals surface area contributed by atoms with Gasteiger partial charge in [-0.05, 0) is 60.7 Å². The summed E-state index contributed by atoms with van der Waals surface area (Å²) in [7, 11) is 1.64. The van der Waals surface area contributed by atoms with E-state index in [1.54, 1.807) is 13.3 Å². The van der Waals surface area contributed by atoms with Crippen LogP contribution in [0, 0.1) is 0 Å². The Bertz CT molecular complexity index is 2030. The highest BCUT2D eigenvalue weighted by Crippen LogP contribution is 2.38. The summed E-state index contributed by atoms with van der Waals surface area (Å²) in [4.78, 5) is 27.2. The normalized spacial score (nSPS) is 13.9. The maximum atomic E-state index is 13.7. The van der Waals surface area contributed by atoms with E-state index in [0.717, 1.165) is 38.8 Å². The molecular formula is C40H45N7O4. The predicted molar refractivity (Wildman–Crippen MR) is 204 cm³/mol. The zero-order chi connectivity index (χ0) is 36.0. The Hall–Kier alpha value is -5.68. The molecule has 2 amide bonds. The molecule has 0 aliphatic carbocycles. The Labute approximate surface area is 298 Å². The number of aliphatic imine (C=N–C) groups is 1. The first-order chi connectivity index (χ1) is 24.6. The molecule has 11 heteroatoms. The SMILES string of the molecule is CO[C@H](C)c1c(NC(=O)Nc2ccc(OCc3ccnc(NC(C)c4ccccc4)n3)c3ccccc23)cc(C(C)(C)C)cc1NC1=NCCO1. The first-order valence-electron chi connectivity index (χ1n) is 17.1. The number of nitrogens with one attached hydrogen (secondary N) is 4. The Morgan fingerprint density at radius 3 is 2.35 bits per heavy atom. The molecule has 0 bridgehead atoms. The molecule has 0 radical (unpaired) electrons. The Morgan fingerprint density at radius 1 is 0.902 bits per heavy atom.